The first-order valence-corrected chi connectivity index (χ1v) is 5.43. The predicted molar refractivity (Wildman–Crippen MR) is 54.6 cm³/mol. The molecule has 0 aromatic carbocycles. The van der Waals surface area contributed by atoms with Gasteiger partial charge in [-0.05, 0) is 18.8 Å². The van der Waals surface area contributed by atoms with E-state index in [-0.39, 0.29) is 0 Å². The number of rotatable bonds is 5. The molecule has 1 aliphatic carbocycles. The minimum Gasteiger partial charge on any atom is -0.480 e. The van der Waals surface area contributed by atoms with Gasteiger partial charge in [-0.15, -0.1) is 0 Å². The van der Waals surface area contributed by atoms with Crippen LogP contribution in [0.2, 0.25) is 0 Å². The summed E-state index contributed by atoms with van der Waals surface area (Å²) in [4.78, 5) is 10.7. The Kier molecular flexibility index (Phi) is 4.90. The van der Waals surface area contributed by atoms with E-state index in [4.69, 9.17) is 10.9 Å². The van der Waals surface area contributed by atoms with Crippen molar-refractivity contribution in [1.29, 1.82) is 0 Å². The number of nitrogens with two attached hydrogens (primary N) is 1. The van der Waals surface area contributed by atoms with E-state index in [0.29, 0.717) is 6.42 Å². The molecule has 0 saturated heterocycles. The fourth-order valence-electron chi connectivity index (χ4n) is 2.16. The summed E-state index contributed by atoms with van der Waals surface area (Å²) in [6.07, 6.45) is 8.11. The smallest absolute Gasteiger partial charge is 0.322 e. The molecular formula is C10H20N2O2. The topological polar surface area (TPSA) is 75.3 Å². The number of hydrogen-bond acceptors (Lipinski definition) is 3. The average molecular weight is 200 g/mol. The maximum atomic E-state index is 10.7. The summed E-state index contributed by atoms with van der Waals surface area (Å²) >= 11 is 0. The van der Waals surface area contributed by atoms with Crippen LogP contribution in [0.25, 0.3) is 0 Å². The van der Waals surface area contributed by atoms with E-state index in [0.717, 1.165) is 12.3 Å². The van der Waals surface area contributed by atoms with Gasteiger partial charge in [0.25, 0.3) is 0 Å². The van der Waals surface area contributed by atoms with Crippen LogP contribution >= 0.6 is 0 Å². The lowest BCUT2D eigenvalue weighted by atomic mass is 9.85. The van der Waals surface area contributed by atoms with Crippen molar-refractivity contribution in [2.45, 2.75) is 51.0 Å². The Morgan fingerprint density at radius 2 is 2.07 bits per heavy atom. The maximum absolute atomic E-state index is 10.7. The van der Waals surface area contributed by atoms with E-state index >= 15 is 0 Å². The fourth-order valence-corrected chi connectivity index (χ4v) is 2.16. The summed E-state index contributed by atoms with van der Waals surface area (Å²) in [7, 11) is 0. The first kappa shape index (κ1) is 11.5. The molecule has 0 aromatic heterocycles. The number of carbonyl (C=O) groups is 1. The molecule has 14 heavy (non-hydrogen) atoms. The third kappa shape index (κ3) is 3.64. The molecule has 0 radical (unpaired) electrons. The quantitative estimate of drug-likeness (QED) is 0.461. The summed E-state index contributed by atoms with van der Waals surface area (Å²) in [5, 5.41) is 8.76. The zero-order chi connectivity index (χ0) is 10.4. The predicted octanol–water partition coefficient (Wildman–Crippen LogP) is 1.26. The van der Waals surface area contributed by atoms with Crippen LogP contribution in [0, 0.1) is 5.92 Å². The van der Waals surface area contributed by atoms with Crippen LogP contribution in [0.4, 0.5) is 0 Å². The normalized spacial score (nSPS) is 20.6. The fraction of sp³-hybridized carbons (Fsp3) is 0.900. The van der Waals surface area contributed by atoms with Crippen molar-refractivity contribution in [2.75, 3.05) is 0 Å². The molecule has 0 amide bonds. The Morgan fingerprint density at radius 1 is 1.43 bits per heavy atom. The Hall–Kier alpha value is -0.610. The molecule has 4 nitrogen and oxygen atoms in total. The highest BCUT2D eigenvalue weighted by Crippen LogP contribution is 2.27. The highest BCUT2D eigenvalue weighted by molar-refractivity contribution is 5.73. The van der Waals surface area contributed by atoms with Gasteiger partial charge in [-0.2, -0.15) is 0 Å². The molecule has 0 heterocycles. The zero-order valence-electron chi connectivity index (χ0n) is 8.54. The third-order valence-electron chi connectivity index (χ3n) is 3.09. The molecule has 1 fully saturated rings. The number of nitrogens with one attached hydrogen (secondary N) is 1. The van der Waals surface area contributed by atoms with Gasteiger partial charge in [0, 0.05) is 0 Å². The number of hydrazine groups is 1. The Balaban J connectivity index is 2.20. The standard InChI is InChI=1S/C10H20N2O2/c11-12-9(10(13)14)7-6-8-4-2-1-3-5-8/h8-9,12H,1-7,11H2,(H,13,14). The van der Waals surface area contributed by atoms with E-state index in [9.17, 15) is 4.79 Å². The molecule has 0 bridgehead atoms. The van der Waals surface area contributed by atoms with Gasteiger partial charge >= 0.3 is 5.97 Å². The lowest BCUT2D eigenvalue weighted by molar-refractivity contribution is -0.139. The third-order valence-corrected chi connectivity index (χ3v) is 3.09. The molecule has 0 aromatic rings. The molecule has 4 heteroatoms. The second kappa shape index (κ2) is 5.98. The minimum atomic E-state index is -0.844. The van der Waals surface area contributed by atoms with Crippen molar-refractivity contribution < 1.29 is 9.90 Å². The van der Waals surface area contributed by atoms with E-state index in [1.807, 2.05) is 0 Å². The van der Waals surface area contributed by atoms with Gasteiger partial charge in [0.1, 0.15) is 6.04 Å². The van der Waals surface area contributed by atoms with E-state index in [2.05, 4.69) is 5.43 Å². The second-order valence-corrected chi connectivity index (χ2v) is 4.14. The molecule has 0 spiro atoms. The van der Waals surface area contributed by atoms with Gasteiger partial charge < -0.3 is 5.11 Å². The van der Waals surface area contributed by atoms with Gasteiger partial charge in [-0.3, -0.25) is 10.6 Å². The molecule has 82 valence electrons. The first-order valence-electron chi connectivity index (χ1n) is 5.43. The maximum Gasteiger partial charge on any atom is 0.322 e. The summed E-state index contributed by atoms with van der Waals surface area (Å²) < 4.78 is 0. The number of aliphatic carboxylic acids is 1. The van der Waals surface area contributed by atoms with Crippen molar-refractivity contribution in [1.82, 2.24) is 5.43 Å². The van der Waals surface area contributed by atoms with Crippen molar-refractivity contribution in [3.63, 3.8) is 0 Å². The van der Waals surface area contributed by atoms with Crippen LogP contribution in [0.1, 0.15) is 44.9 Å². The van der Waals surface area contributed by atoms with Gasteiger partial charge in [0.15, 0.2) is 0 Å². The summed E-state index contributed by atoms with van der Waals surface area (Å²) in [6.45, 7) is 0. The van der Waals surface area contributed by atoms with E-state index in [1.165, 1.54) is 32.1 Å². The summed E-state index contributed by atoms with van der Waals surface area (Å²) in [5.74, 6) is 5.04. The van der Waals surface area contributed by atoms with Gasteiger partial charge in [-0.25, -0.2) is 5.43 Å². The molecule has 1 rings (SSSR count). The lowest BCUT2D eigenvalue weighted by Crippen LogP contribution is -2.41. The molecule has 1 unspecified atom stereocenters. The van der Waals surface area contributed by atoms with Crippen LogP contribution in [0.15, 0.2) is 0 Å². The van der Waals surface area contributed by atoms with Crippen molar-refractivity contribution in [3.05, 3.63) is 0 Å². The van der Waals surface area contributed by atoms with Crippen molar-refractivity contribution >= 4 is 5.97 Å². The van der Waals surface area contributed by atoms with E-state index < -0.39 is 12.0 Å². The average Bonchev–Trinajstić information content (AvgIpc) is 2.20. The lowest BCUT2D eigenvalue weighted by Gasteiger charge is -2.22. The monoisotopic (exact) mass is 200 g/mol. The van der Waals surface area contributed by atoms with Crippen LogP contribution in [-0.2, 0) is 4.79 Å². The van der Waals surface area contributed by atoms with Gasteiger partial charge in [0.2, 0.25) is 0 Å². The Labute approximate surface area is 84.8 Å². The van der Waals surface area contributed by atoms with Gasteiger partial charge in [0.05, 0.1) is 0 Å². The highest BCUT2D eigenvalue weighted by atomic mass is 16.4. The second-order valence-electron chi connectivity index (χ2n) is 4.14. The molecule has 4 N–H and O–H groups in total. The first-order chi connectivity index (χ1) is 6.74. The molecular weight excluding hydrogens is 180 g/mol. The Morgan fingerprint density at radius 3 is 2.57 bits per heavy atom. The van der Waals surface area contributed by atoms with Gasteiger partial charge in [-0.1, -0.05) is 32.1 Å². The summed E-state index contributed by atoms with van der Waals surface area (Å²) in [5.41, 5.74) is 2.34. The molecule has 1 saturated carbocycles. The van der Waals surface area contributed by atoms with Crippen LogP contribution in [0.3, 0.4) is 0 Å². The molecule has 0 aliphatic heterocycles. The summed E-state index contributed by atoms with van der Waals surface area (Å²) in [6, 6.07) is -0.572. The SMILES string of the molecule is NNC(CCC1CCCCC1)C(=O)O. The molecule has 1 atom stereocenters. The largest absolute Gasteiger partial charge is 0.480 e. The zero-order valence-corrected chi connectivity index (χ0v) is 8.54. The number of carboxylic acid groups (broad SMARTS) is 1. The van der Waals surface area contributed by atoms with Crippen LogP contribution in [0.5, 0.6) is 0 Å². The minimum absolute atomic E-state index is 0.572. The van der Waals surface area contributed by atoms with Crippen molar-refractivity contribution in [2.24, 2.45) is 11.8 Å². The number of carboxylic acids is 1. The Bertz CT molecular complexity index is 179. The van der Waals surface area contributed by atoms with Crippen molar-refractivity contribution in [3.8, 4) is 0 Å². The van der Waals surface area contributed by atoms with Crippen LogP contribution < -0.4 is 11.3 Å². The highest BCUT2D eigenvalue weighted by Gasteiger charge is 2.19. The van der Waals surface area contributed by atoms with E-state index in [1.54, 1.807) is 0 Å². The van der Waals surface area contributed by atoms with Crippen LogP contribution in [-0.4, -0.2) is 17.1 Å². The number of hydrogen-bond donors (Lipinski definition) is 3. The molecule has 1 aliphatic rings.